The van der Waals surface area contributed by atoms with E-state index in [9.17, 15) is 0 Å². The van der Waals surface area contributed by atoms with Crippen molar-refractivity contribution in [3.05, 3.63) is 129 Å². The number of benzene rings is 4. The number of fused-ring (bicyclic) bond motifs is 2. The zero-order valence-electron chi connectivity index (χ0n) is 27.8. The van der Waals surface area contributed by atoms with Gasteiger partial charge in [0.05, 0.1) is 0 Å². The predicted molar refractivity (Wildman–Crippen MR) is 200 cm³/mol. The Hall–Kier alpha value is -1.96. The summed E-state index contributed by atoms with van der Waals surface area (Å²) in [6.45, 7) is 13.8. The van der Waals surface area contributed by atoms with Crippen LogP contribution in [0.3, 0.4) is 0 Å². The number of rotatable bonds is 10. The van der Waals surface area contributed by atoms with Gasteiger partial charge in [0.15, 0.2) is 0 Å². The maximum atomic E-state index is 8.73. The molecule has 0 saturated heterocycles. The molecule has 0 saturated carbocycles. The Balaban J connectivity index is 1.56. The van der Waals surface area contributed by atoms with Crippen LogP contribution in [0.2, 0.25) is 12.1 Å². The zero-order chi connectivity index (χ0) is 32.0. The third-order valence-electron chi connectivity index (χ3n) is 11.1. The van der Waals surface area contributed by atoms with Gasteiger partial charge in [-0.1, -0.05) is 0 Å². The van der Waals surface area contributed by atoms with Gasteiger partial charge < -0.3 is 0 Å². The van der Waals surface area contributed by atoms with Gasteiger partial charge in [0.1, 0.15) is 0 Å². The molecule has 0 N–H and O–H groups in total. The minimum absolute atomic E-state index is 0.120. The number of halogens is 2. The van der Waals surface area contributed by atoms with Crippen molar-refractivity contribution in [3.8, 4) is 22.3 Å². The van der Waals surface area contributed by atoms with E-state index in [1.54, 1.807) is 0 Å². The summed E-state index contributed by atoms with van der Waals surface area (Å²) in [6, 6.07) is 34.3. The second-order valence-corrected chi connectivity index (χ2v) is 54.0. The summed E-state index contributed by atoms with van der Waals surface area (Å²) in [7, 11) is 17.5. The average molecular weight is 730 g/mol. The minimum atomic E-state index is -4.81. The van der Waals surface area contributed by atoms with Crippen LogP contribution >= 0.6 is 17.0 Å². The molecule has 4 aromatic carbocycles. The van der Waals surface area contributed by atoms with Crippen molar-refractivity contribution < 1.29 is 15.6 Å². The second kappa shape index (κ2) is 12.9. The van der Waals surface area contributed by atoms with Gasteiger partial charge in [0.25, 0.3) is 0 Å². The van der Waals surface area contributed by atoms with Crippen LogP contribution in [-0.4, -0.2) is 5.92 Å². The molecule has 0 nitrogen and oxygen atoms in total. The van der Waals surface area contributed by atoms with Gasteiger partial charge in [-0.2, -0.15) is 0 Å². The third-order valence-corrected chi connectivity index (χ3v) is 61.2. The van der Waals surface area contributed by atoms with Gasteiger partial charge >= 0.3 is 283 Å². The van der Waals surface area contributed by atoms with Crippen molar-refractivity contribution in [2.45, 2.75) is 80.1 Å². The Kier molecular flexibility index (Phi) is 9.46. The van der Waals surface area contributed by atoms with Gasteiger partial charge in [0.2, 0.25) is 0 Å². The molecule has 2 aliphatic carbocycles. The summed E-state index contributed by atoms with van der Waals surface area (Å²) < 4.78 is 0.252. The Morgan fingerprint density at radius 1 is 0.578 bits per heavy atom. The molecule has 0 heterocycles. The molecule has 0 amide bonds. The van der Waals surface area contributed by atoms with Crippen LogP contribution in [0.25, 0.3) is 34.4 Å². The summed E-state index contributed by atoms with van der Waals surface area (Å²) in [5.41, 5.74) is 16.1. The van der Waals surface area contributed by atoms with Crippen LogP contribution < -0.4 is 0 Å². The standard InChI is InChI=1S/C19H19.C18H17.C4H11Si.2ClH.Zr/c1-3-14-8-10-16(11-9-14)18-7-5-6-17-12-15(4-2)13-19(17)18;1-3-14-7-9-15(10-8-14)17-6-4-5-16-11-13(2)12-18(16)17;1-3-5-4-2;;;/h5-13H,3-4H2,1-2H3;4-12H,3H2,1-2H3;5H,3-4H2,1-2H3;2*1H;/q;;;;;+2/p-2. The summed E-state index contributed by atoms with van der Waals surface area (Å²) in [5, 5.41) is 0. The van der Waals surface area contributed by atoms with Crippen LogP contribution in [-0.2, 0) is 28.4 Å². The molecule has 0 aliphatic heterocycles. The Morgan fingerprint density at radius 2 is 1.04 bits per heavy atom. The first-order chi connectivity index (χ1) is 21.7. The molecule has 2 atom stereocenters. The zero-order valence-corrected chi connectivity index (χ0v) is 32.9. The topological polar surface area (TPSA) is 0 Å². The van der Waals surface area contributed by atoms with Crippen molar-refractivity contribution in [2.75, 3.05) is 0 Å². The van der Waals surface area contributed by atoms with E-state index in [4.69, 9.17) is 17.0 Å². The predicted octanol–water partition coefficient (Wildman–Crippen LogP) is 12.9. The summed E-state index contributed by atoms with van der Waals surface area (Å²) in [5.74, 6) is -1.59. The Bertz CT molecular complexity index is 1780. The van der Waals surface area contributed by atoms with Gasteiger partial charge in [0, 0.05) is 0 Å². The molecule has 0 fully saturated rings. The normalized spacial score (nSPS) is 18.3. The molecule has 45 heavy (non-hydrogen) atoms. The van der Waals surface area contributed by atoms with Crippen molar-refractivity contribution in [1.29, 1.82) is 0 Å². The van der Waals surface area contributed by atoms with E-state index in [1.165, 1.54) is 66.8 Å². The van der Waals surface area contributed by atoms with Gasteiger partial charge in [-0.05, 0) is 0 Å². The fourth-order valence-corrected chi connectivity index (χ4v) is 62.4. The molecule has 0 bridgehead atoms. The number of hydrogen-bond acceptors (Lipinski definition) is 0. The third kappa shape index (κ3) is 5.37. The van der Waals surface area contributed by atoms with E-state index >= 15 is 0 Å². The molecule has 4 heteroatoms. The summed E-state index contributed by atoms with van der Waals surface area (Å²) >= 11 is -4.81. The molecule has 0 radical (unpaired) electrons. The molecule has 4 aromatic rings. The maximum absolute atomic E-state index is 8.73. The van der Waals surface area contributed by atoms with Crippen molar-refractivity contribution in [3.63, 3.8) is 0 Å². The van der Waals surface area contributed by atoms with Crippen molar-refractivity contribution in [1.82, 2.24) is 0 Å². The van der Waals surface area contributed by atoms with Crippen molar-refractivity contribution >= 4 is 35.1 Å². The van der Waals surface area contributed by atoms with Crippen molar-refractivity contribution in [2.24, 2.45) is 0 Å². The Labute approximate surface area is 280 Å². The first kappa shape index (κ1) is 33.0. The fourth-order valence-electron chi connectivity index (χ4n) is 8.76. The molecular weight excluding hydrogens is 683 g/mol. The summed E-state index contributed by atoms with van der Waals surface area (Å²) in [6.07, 6.45) is 7.99. The first-order valence-electron chi connectivity index (χ1n) is 17.1. The summed E-state index contributed by atoms with van der Waals surface area (Å²) in [4.78, 5) is 0. The SMILES string of the molecule is CCC1=Cc2c(-c3ccc(CC)cc3)cccc2[CH]1[Zr]([Cl])([Cl])([CH]1C(C)=Cc2c(-c3ccc(CC)cc3)cccc21)[SiH](CC)CC. The Morgan fingerprint density at radius 3 is 1.49 bits per heavy atom. The van der Waals surface area contributed by atoms with Gasteiger partial charge in [-0.3, -0.25) is 0 Å². The molecule has 6 rings (SSSR count). The van der Waals surface area contributed by atoms with E-state index in [2.05, 4.69) is 139 Å². The van der Waals surface area contributed by atoms with Crippen LogP contribution in [0.4, 0.5) is 0 Å². The van der Waals surface area contributed by atoms with Gasteiger partial charge in [-0.15, -0.1) is 0 Å². The number of allylic oxidation sites excluding steroid dienone is 2. The van der Waals surface area contributed by atoms with E-state index in [0.717, 1.165) is 31.4 Å². The second-order valence-electron chi connectivity index (χ2n) is 13.3. The van der Waals surface area contributed by atoms with Crippen LogP contribution in [0.15, 0.2) is 96.1 Å². The van der Waals surface area contributed by atoms with Crippen LogP contribution in [0.5, 0.6) is 0 Å². The first-order valence-corrected chi connectivity index (χ1v) is 32.7. The number of hydrogen-bond donors (Lipinski definition) is 0. The molecule has 233 valence electrons. The molecule has 0 aromatic heterocycles. The van der Waals surface area contributed by atoms with E-state index < -0.39 is 21.5 Å². The molecule has 2 unspecified atom stereocenters. The van der Waals surface area contributed by atoms with Crippen LogP contribution in [0, 0.1) is 0 Å². The molecule has 0 spiro atoms. The monoisotopic (exact) mass is 727 g/mol. The number of aryl methyl sites for hydroxylation is 2. The van der Waals surface area contributed by atoms with E-state index in [1.807, 2.05) is 0 Å². The quantitative estimate of drug-likeness (QED) is 0.143. The van der Waals surface area contributed by atoms with Crippen LogP contribution in [0.1, 0.15) is 88.6 Å². The molecular formula is C41H47Cl2SiZr. The van der Waals surface area contributed by atoms with E-state index in [-0.39, 0.29) is 7.25 Å². The fraction of sp³-hybridized carbons (Fsp3) is 0.317. The van der Waals surface area contributed by atoms with Gasteiger partial charge in [-0.25, -0.2) is 0 Å². The average Bonchev–Trinajstić information content (AvgIpc) is 3.64. The van der Waals surface area contributed by atoms with E-state index in [0.29, 0.717) is 0 Å². The molecule has 2 aliphatic rings.